The summed E-state index contributed by atoms with van der Waals surface area (Å²) < 4.78 is 2.08. The zero-order chi connectivity index (χ0) is 17.1. The molecule has 5 heteroatoms. The van der Waals surface area contributed by atoms with Crippen molar-refractivity contribution in [3.05, 3.63) is 53.1 Å². The number of imidazole rings is 1. The van der Waals surface area contributed by atoms with Crippen LogP contribution in [0.5, 0.6) is 0 Å². The van der Waals surface area contributed by atoms with Crippen LogP contribution < -0.4 is 0 Å². The van der Waals surface area contributed by atoms with E-state index in [0.717, 1.165) is 29.3 Å². The number of benzene rings is 1. The number of carbonyl (C=O) groups excluding carboxylic acids is 1. The van der Waals surface area contributed by atoms with Crippen LogP contribution in [0.25, 0.3) is 0 Å². The average Bonchev–Trinajstić information content (AvgIpc) is 3.27. The van der Waals surface area contributed by atoms with Crippen molar-refractivity contribution in [2.45, 2.75) is 52.2 Å². The third-order valence-electron chi connectivity index (χ3n) is 4.30. The van der Waals surface area contributed by atoms with Crippen LogP contribution in [0.1, 0.15) is 44.5 Å². The van der Waals surface area contributed by atoms with Gasteiger partial charge in [0.15, 0.2) is 0 Å². The highest BCUT2D eigenvalue weighted by atomic mass is 35.5. The van der Waals surface area contributed by atoms with E-state index < -0.39 is 0 Å². The minimum absolute atomic E-state index is 0.236. The van der Waals surface area contributed by atoms with Crippen LogP contribution in [0, 0.1) is 5.92 Å². The highest BCUT2D eigenvalue weighted by Gasteiger charge is 2.33. The summed E-state index contributed by atoms with van der Waals surface area (Å²) in [5, 5.41) is 0.757. The third-order valence-corrected chi connectivity index (χ3v) is 4.67. The maximum absolute atomic E-state index is 12.6. The predicted octanol–water partition coefficient (Wildman–Crippen LogP) is 4.12. The van der Waals surface area contributed by atoms with Gasteiger partial charge in [-0.05, 0) is 30.4 Å². The van der Waals surface area contributed by atoms with Crippen molar-refractivity contribution in [1.82, 2.24) is 14.5 Å². The standard InChI is InChI=1S/C19H24ClN3O/c1-14(2)11-19(24)23(16-7-8-16)13-18-21-9-10-22(18)12-15-5-3-4-6-17(15)20/h3-6,9-10,14,16H,7-8,11-13H2,1-2H3. The lowest BCUT2D eigenvalue weighted by Gasteiger charge is -2.23. The second-order valence-corrected chi connectivity index (χ2v) is 7.32. The summed E-state index contributed by atoms with van der Waals surface area (Å²) in [6, 6.07) is 8.23. The minimum atomic E-state index is 0.236. The summed E-state index contributed by atoms with van der Waals surface area (Å²) in [6.07, 6.45) is 6.56. The molecule has 0 saturated heterocycles. The van der Waals surface area contributed by atoms with Crippen LogP contribution >= 0.6 is 11.6 Å². The molecule has 0 atom stereocenters. The number of halogens is 1. The summed E-state index contributed by atoms with van der Waals surface area (Å²) in [4.78, 5) is 19.0. The number of amides is 1. The van der Waals surface area contributed by atoms with Crippen molar-refractivity contribution >= 4 is 17.5 Å². The molecule has 0 N–H and O–H groups in total. The molecule has 1 fully saturated rings. The maximum atomic E-state index is 12.6. The van der Waals surface area contributed by atoms with Crippen LogP contribution in [-0.2, 0) is 17.9 Å². The van der Waals surface area contributed by atoms with Gasteiger partial charge in [0.05, 0.1) is 13.1 Å². The van der Waals surface area contributed by atoms with Crippen molar-refractivity contribution in [3.63, 3.8) is 0 Å². The molecule has 1 saturated carbocycles. The molecule has 0 radical (unpaired) electrons. The van der Waals surface area contributed by atoms with Gasteiger partial charge in [-0.2, -0.15) is 0 Å². The zero-order valence-electron chi connectivity index (χ0n) is 14.3. The Kier molecular flexibility index (Phi) is 5.24. The highest BCUT2D eigenvalue weighted by Crippen LogP contribution is 2.29. The summed E-state index contributed by atoms with van der Waals surface area (Å²) >= 11 is 6.27. The zero-order valence-corrected chi connectivity index (χ0v) is 15.0. The molecule has 128 valence electrons. The molecule has 1 aromatic heterocycles. The maximum Gasteiger partial charge on any atom is 0.223 e. The van der Waals surface area contributed by atoms with Crippen molar-refractivity contribution in [3.8, 4) is 0 Å². The van der Waals surface area contributed by atoms with Crippen molar-refractivity contribution < 1.29 is 4.79 Å². The first kappa shape index (κ1) is 17.0. The highest BCUT2D eigenvalue weighted by molar-refractivity contribution is 6.31. The van der Waals surface area contributed by atoms with Gasteiger partial charge >= 0.3 is 0 Å². The minimum Gasteiger partial charge on any atom is -0.332 e. The van der Waals surface area contributed by atoms with Crippen LogP contribution in [-0.4, -0.2) is 26.4 Å². The fourth-order valence-corrected chi connectivity index (χ4v) is 3.07. The Hall–Kier alpha value is -1.81. The molecule has 0 spiro atoms. The first-order valence-electron chi connectivity index (χ1n) is 8.57. The fourth-order valence-electron chi connectivity index (χ4n) is 2.87. The molecule has 2 aromatic rings. The van der Waals surface area contributed by atoms with Gasteiger partial charge in [-0.15, -0.1) is 0 Å². The van der Waals surface area contributed by atoms with Crippen LogP contribution in [0.2, 0.25) is 5.02 Å². The lowest BCUT2D eigenvalue weighted by molar-refractivity contribution is -0.133. The Labute approximate surface area is 148 Å². The Bertz CT molecular complexity index is 706. The van der Waals surface area contributed by atoms with Gasteiger partial charge < -0.3 is 9.47 Å². The molecule has 1 aliphatic rings. The molecule has 0 bridgehead atoms. The molecule has 1 amide bonds. The summed E-state index contributed by atoms with van der Waals surface area (Å²) in [5.74, 6) is 1.53. The van der Waals surface area contributed by atoms with E-state index in [1.54, 1.807) is 6.20 Å². The van der Waals surface area contributed by atoms with Crippen molar-refractivity contribution in [2.75, 3.05) is 0 Å². The molecule has 1 heterocycles. The number of carbonyl (C=O) groups is 1. The van der Waals surface area contributed by atoms with E-state index in [-0.39, 0.29) is 5.91 Å². The Balaban J connectivity index is 1.74. The lowest BCUT2D eigenvalue weighted by Crippen LogP contribution is -2.34. The molecule has 0 aliphatic heterocycles. The Morgan fingerprint density at radius 1 is 1.38 bits per heavy atom. The van der Waals surface area contributed by atoms with Crippen molar-refractivity contribution in [2.24, 2.45) is 5.92 Å². The van der Waals surface area contributed by atoms with Gasteiger partial charge in [0, 0.05) is 29.9 Å². The lowest BCUT2D eigenvalue weighted by atomic mass is 10.1. The van der Waals surface area contributed by atoms with Crippen LogP contribution in [0.3, 0.4) is 0 Å². The van der Waals surface area contributed by atoms with E-state index in [9.17, 15) is 4.79 Å². The van der Waals surface area contributed by atoms with E-state index in [1.807, 2.05) is 35.4 Å². The van der Waals surface area contributed by atoms with E-state index in [4.69, 9.17) is 11.6 Å². The monoisotopic (exact) mass is 345 g/mol. The molecule has 0 unspecified atom stereocenters. The Morgan fingerprint density at radius 3 is 2.79 bits per heavy atom. The third kappa shape index (κ3) is 4.18. The molecular weight excluding hydrogens is 322 g/mol. The summed E-state index contributed by atoms with van der Waals surface area (Å²) in [6.45, 7) is 5.42. The Morgan fingerprint density at radius 2 is 2.12 bits per heavy atom. The molecular formula is C19H24ClN3O. The van der Waals surface area contributed by atoms with E-state index in [2.05, 4.69) is 23.4 Å². The molecule has 1 aliphatic carbocycles. The second kappa shape index (κ2) is 7.39. The number of nitrogens with zero attached hydrogens (tertiary/aromatic N) is 3. The van der Waals surface area contributed by atoms with Gasteiger partial charge in [0.25, 0.3) is 0 Å². The number of hydrogen-bond acceptors (Lipinski definition) is 2. The smallest absolute Gasteiger partial charge is 0.223 e. The SMILES string of the molecule is CC(C)CC(=O)N(Cc1nccn1Cc1ccccc1Cl)C1CC1. The van der Waals surface area contributed by atoms with Crippen LogP contribution in [0.4, 0.5) is 0 Å². The number of aromatic nitrogens is 2. The van der Waals surface area contributed by atoms with E-state index >= 15 is 0 Å². The van der Waals surface area contributed by atoms with Crippen molar-refractivity contribution in [1.29, 1.82) is 0 Å². The fraction of sp³-hybridized carbons (Fsp3) is 0.474. The number of rotatable bonds is 7. The van der Waals surface area contributed by atoms with Crippen LogP contribution in [0.15, 0.2) is 36.7 Å². The molecule has 3 rings (SSSR count). The first-order chi connectivity index (χ1) is 11.5. The molecule has 1 aromatic carbocycles. The summed E-state index contributed by atoms with van der Waals surface area (Å²) in [7, 11) is 0. The number of hydrogen-bond donors (Lipinski definition) is 0. The molecule has 24 heavy (non-hydrogen) atoms. The largest absolute Gasteiger partial charge is 0.332 e. The summed E-state index contributed by atoms with van der Waals surface area (Å²) in [5.41, 5.74) is 1.06. The predicted molar refractivity (Wildman–Crippen MR) is 95.8 cm³/mol. The van der Waals surface area contributed by atoms with Gasteiger partial charge in [-0.1, -0.05) is 43.6 Å². The topological polar surface area (TPSA) is 38.1 Å². The van der Waals surface area contributed by atoms with E-state index in [1.165, 1.54) is 0 Å². The van der Waals surface area contributed by atoms with E-state index in [0.29, 0.717) is 31.5 Å². The average molecular weight is 346 g/mol. The van der Waals surface area contributed by atoms with Gasteiger partial charge in [0.1, 0.15) is 5.82 Å². The van der Waals surface area contributed by atoms with Gasteiger partial charge in [-0.3, -0.25) is 4.79 Å². The molecule has 4 nitrogen and oxygen atoms in total. The quantitative estimate of drug-likeness (QED) is 0.757. The van der Waals surface area contributed by atoms with Gasteiger partial charge in [-0.25, -0.2) is 4.98 Å². The van der Waals surface area contributed by atoms with Gasteiger partial charge in [0.2, 0.25) is 5.91 Å². The second-order valence-electron chi connectivity index (χ2n) is 6.91. The normalized spacial score (nSPS) is 14.2. The first-order valence-corrected chi connectivity index (χ1v) is 8.95.